The first kappa shape index (κ1) is 14.8. The van der Waals surface area contributed by atoms with Gasteiger partial charge in [-0.2, -0.15) is 0 Å². The van der Waals surface area contributed by atoms with Crippen LogP contribution in [0, 0.1) is 11.3 Å². The van der Waals surface area contributed by atoms with Gasteiger partial charge in [0.15, 0.2) is 0 Å². The van der Waals surface area contributed by atoms with Crippen LogP contribution in [0.2, 0.25) is 0 Å². The predicted octanol–water partition coefficient (Wildman–Crippen LogP) is 0.869. The minimum atomic E-state index is -0.905. The molecule has 2 atom stereocenters. The van der Waals surface area contributed by atoms with E-state index in [4.69, 9.17) is 0 Å². The minimum absolute atomic E-state index is 0.0539. The van der Waals surface area contributed by atoms with Crippen molar-refractivity contribution in [1.29, 1.82) is 0 Å². The predicted molar refractivity (Wildman–Crippen MR) is 73.8 cm³/mol. The SMILES string of the molecule is C[C@@H](CC(=O)N1CC[C@]2(C1)NC(=O)NC2=O)C(C)(C)C. The molecule has 0 aliphatic carbocycles. The van der Waals surface area contributed by atoms with E-state index in [1.807, 2.05) is 0 Å². The van der Waals surface area contributed by atoms with Gasteiger partial charge in [-0.05, 0) is 17.8 Å². The highest BCUT2D eigenvalue weighted by atomic mass is 16.2. The Kier molecular flexibility index (Phi) is 3.52. The van der Waals surface area contributed by atoms with Gasteiger partial charge >= 0.3 is 6.03 Å². The first-order chi connectivity index (χ1) is 9.14. The van der Waals surface area contributed by atoms with Crippen LogP contribution >= 0.6 is 0 Å². The summed E-state index contributed by atoms with van der Waals surface area (Å²) in [4.78, 5) is 37.1. The zero-order valence-electron chi connectivity index (χ0n) is 12.6. The lowest BCUT2D eigenvalue weighted by Crippen LogP contribution is -2.49. The van der Waals surface area contributed by atoms with Crippen LogP contribution in [-0.2, 0) is 9.59 Å². The Morgan fingerprint density at radius 3 is 2.55 bits per heavy atom. The fourth-order valence-electron chi connectivity index (χ4n) is 2.54. The van der Waals surface area contributed by atoms with E-state index in [1.165, 1.54) is 0 Å². The Morgan fingerprint density at radius 2 is 2.05 bits per heavy atom. The van der Waals surface area contributed by atoms with E-state index in [9.17, 15) is 14.4 Å². The highest BCUT2D eigenvalue weighted by molar-refractivity contribution is 6.07. The molecule has 0 unspecified atom stereocenters. The molecule has 0 aromatic carbocycles. The normalized spacial score (nSPS) is 27.7. The summed E-state index contributed by atoms with van der Waals surface area (Å²) in [6.07, 6.45) is 0.954. The van der Waals surface area contributed by atoms with Gasteiger partial charge in [0.05, 0.1) is 6.54 Å². The molecule has 0 aromatic rings. The number of urea groups is 1. The van der Waals surface area contributed by atoms with Gasteiger partial charge in [0.25, 0.3) is 5.91 Å². The molecule has 2 rings (SSSR count). The van der Waals surface area contributed by atoms with E-state index in [1.54, 1.807) is 4.90 Å². The maximum Gasteiger partial charge on any atom is 0.322 e. The quantitative estimate of drug-likeness (QED) is 0.737. The van der Waals surface area contributed by atoms with Gasteiger partial charge in [-0.25, -0.2) is 4.79 Å². The summed E-state index contributed by atoms with van der Waals surface area (Å²) in [5.41, 5.74) is -0.830. The van der Waals surface area contributed by atoms with E-state index in [0.717, 1.165) is 0 Å². The zero-order valence-corrected chi connectivity index (χ0v) is 12.6. The van der Waals surface area contributed by atoms with E-state index >= 15 is 0 Å². The molecule has 2 aliphatic heterocycles. The van der Waals surface area contributed by atoms with Crippen molar-refractivity contribution in [3.8, 4) is 0 Å². The molecule has 6 nitrogen and oxygen atoms in total. The third-order valence-corrected chi connectivity index (χ3v) is 4.60. The average Bonchev–Trinajstić information content (AvgIpc) is 2.83. The largest absolute Gasteiger partial charge is 0.340 e. The van der Waals surface area contributed by atoms with Crippen molar-refractivity contribution in [2.45, 2.75) is 46.1 Å². The number of carbonyl (C=O) groups is 3. The van der Waals surface area contributed by atoms with Crippen molar-refractivity contribution in [2.75, 3.05) is 13.1 Å². The lowest BCUT2D eigenvalue weighted by Gasteiger charge is -2.29. The Bertz CT molecular complexity index is 455. The number of carbonyl (C=O) groups excluding carboxylic acids is 3. The molecule has 112 valence electrons. The second-order valence-corrected chi connectivity index (χ2v) is 7.03. The number of hydrogen-bond donors (Lipinski definition) is 2. The monoisotopic (exact) mass is 281 g/mol. The first-order valence-electron chi connectivity index (χ1n) is 7.05. The number of rotatable bonds is 2. The fraction of sp³-hybridized carbons (Fsp3) is 0.786. The number of amides is 4. The molecule has 0 bridgehead atoms. The van der Waals surface area contributed by atoms with Crippen LogP contribution < -0.4 is 10.6 Å². The number of imide groups is 1. The van der Waals surface area contributed by atoms with Gasteiger partial charge in [-0.1, -0.05) is 27.7 Å². The van der Waals surface area contributed by atoms with Crippen LogP contribution in [0.4, 0.5) is 4.79 Å². The molecule has 1 spiro atoms. The van der Waals surface area contributed by atoms with Gasteiger partial charge in [0, 0.05) is 13.0 Å². The van der Waals surface area contributed by atoms with E-state index in [-0.39, 0.29) is 29.7 Å². The molecule has 0 saturated carbocycles. The molecule has 20 heavy (non-hydrogen) atoms. The molecule has 0 radical (unpaired) electrons. The molecule has 6 heteroatoms. The highest BCUT2D eigenvalue weighted by Gasteiger charge is 2.51. The number of nitrogens with zero attached hydrogens (tertiary/aromatic N) is 1. The van der Waals surface area contributed by atoms with Gasteiger partial charge in [-0.15, -0.1) is 0 Å². The molecule has 0 aromatic heterocycles. The van der Waals surface area contributed by atoms with Crippen molar-refractivity contribution in [1.82, 2.24) is 15.5 Å². The summed E-state index contributed by atoms with van der Waals surface area (Å²) in [5, 5.41) is 4.90. The molecule has 2 N–H and O–H groups in total. The number of likely N-dealkylation sites (tertiary alicyclic amines) is 1. The van der Waals surface area contributed by atoms with Crippen LogP contribution in [0.1, 0.15) is 40.5 Å². The maximum atomic E-state index is 12.3. The molecular weight excluding hydrogens is 258 g/mol. The zero-order chi connectivity index (χ0) is 15.1. The molecular formula is C14H23N3O3. The third-order valence-electron chi connectivity index (χ3n) is 4.60. The van der Waals surface area contributed by atoms with Crippen LogP contribution in [-0.4, -0.2) is 41.4 Å². The number of hydrogen-bond acceptors (Lipinski definition) is 3. The smallest absolute Gasteiger partial charge is 0.322 e. The van der Waals surface area contributed by atoms with E-state index < -0.39 is 11.6 Å². The van der Waals surface area contributed by atoms with Gasteiger partial charge in [0.1, 0.15) is 5.54 Å². The Labute approximate surface area is 119 Å². The first-order valence-corrected chi connectivity index (χ1v) is 7.05. The van der Waals surface area contributed by atoms with E-state index in [2.05, 4.69) is 38.3 Å². The Balaban J connectivity index is 1.98. The summed E-state index contributed by atoms with van der Waals surface area (Å²) >= 11 is 0. The Hall–Kier alpha value is -1.59. The van der Waals surface area contributed by atoms with Crippen molar-refractivity contribution < 1.29 is 14.4 Å². The summed E-state index contributed by atoms with van der Waals surface area (Å²) in [6, 6.07) is -0.465. The van der Waals surface area contributed by atoms with Crippen LogP contribution in [0.5, 0.6) is 0 Å². The topological polar surface area (TPSA) is 78.5 Å². The summed E-state index contributed by atoms with van der Waals surface area (Å²) in [5.74, 6) is -0.00142. The highest BCUT2D eigenvalue weighted by Crippen LogP contribution is 2.30. The molecule has 2 saturated heterocycles. The number of nitrogens with one attached hydrogen (secondary N) is 2. The second-order valence-electron chi connectivity index (χ2n) is 7.03. The lowest BCUT2D eigenvalue weighted by atomic mass is 9.80. The summed E-state index contributed by atoms with van der Waals surface area (Å²) in [7, 11) is 0. The fourth-order valence-corrected chi connectivity index (χ4v) is 2.54. The second kappa shape index (κ2) is 4.75. The molecule has 2 fully saturated rings. The average molecular weight is 281 g/mol. The van der Waals surface area contributed by atoms with Crippen LogP contribution in [0.3, 0.4) is 0 Å². The van der Waals surface area contributed by atoms with Crippen molar-refractivity contribution in [2.24, 2.45) is 11.3 Å². The Morgan fingerprint density at radius 1 is 1.40 bits per heavy atom. The lowest BCUT2D eigenvalue weighted by molar-refractivity contribution is -0.132. The van der Waals surface area contributed by atoms with Gasteiger partial charge < -0.3 is 10.2 Å². The van der Waals surface area contributed by atoms with Crippen molar-refractivity contribution >= 4 is 17.8 Å². The van der Waals surface area contributed by atoms with Crippen molar-refractivity contribution in [3.05, 3.63) is 0 Å². The van der Waals surface area contributed by atoms with Gasteiger partial charge in [0.2, 0.25) is 5.91 Å². The summed E-state index contributed by atoms with van der Waals surface area (Å²) < 4.78 is 0. The molecule has 2 aliphatic rings. The van der Waals surface area contributed by atoms with Crippen molar-refractivity contribution in [3.63, 3.8) is 0 Å². The standard InChI is InChI=1S/C14H23N3O3/c1-9(13(2,3)4)7-10(18)17-6-5-14(8-17)11(19)15-12(20)16-14/h9H,5-8H2,1-4H3,(H2,15,16,19,20)/t9-,14+/m0/s1. The van der Waals surface area contributed by atoms with Crippen LogP contribution in [0.25, 0.3) is 0 Å². The van der Waals surface area contributed by atoms with E-state index in [0.29, 0.717) is 19.4 Å². The minimum Gasteiger partial charge on any atom is -0.340 e. The maximum absolute atomic E-state index is 12.3. The third kappa shape index (κ3) is 2.64. The van der Waals surface area contributed by atoms with Crippen LogP contribution in [0.15, 0.2) is 0 Å². The molecule has 4 amide bonds. The summed E-state index contributed by atoms with van der Waals surface area (Å²) in [6.45, 7) is 9.20. The molecule has 2 heterocycles. The van der Waals surface area contributed by atoms with Gasteiger partial charge in [-0.3, -0.25) is 14.9 Å².